The van der Waals surface area contributed by atoms with Gasteiger partial charge in [-0.3, -0.25) is 0 Å². The number of benzene rings is 2. The summed E-state index contributed by atoms with van der Waals surface area (Å²) in [5, 5.41) is 2.82. The van der Waals surface area contributed by atoms with Crippen LogP contribution in [0.2, 0.25) is 0 Å². The molecule has 0 spiro atoms. The minimum Gasteiger partial charge on any atom is -1.00 e. The van der Waals surface area contributed by atoms with E-state index in [1.807, 2.05) is 0 Å². The van der Waals surface area contributed by atoms with Gasteiger partial charge in [0.25, 0.3) is 0 Å². The van der Waals surface area contributed by atoms with Gasteiger partial charge in [0.2, 0.25) is 0 Å². The van der Waals surface area contributed by atoms with Crippen LogP contribution in [0.25, 0.3) is 10.8 Å². The molecular formula is C27H44ClN. The number of hydrogen-bond acceptors (Lipinski definition) is 0. The van der Waals surface area contributed by atoms with Crippen molar-refractivity contribution in [2.24, 2.45) is 0 Å². The molecule has 0 radical (unpaired) electrons. The first-order chi connectivity index (χ1) is 13.7. The van der Waals surface area contributed by atoms with Crippen molar-refractivity contribution in [1.29, 1.82) is 0 Å². The van der Waals surface area contributed by atoms with Gasteiger partial charge in [0, 0.05) is 6.42 Å². The Labute approximate surface area is 186 Å². The number of rotatable bonds is 15. The van der Waals surface area contributed by atoms with E-state index in [0.717, 1.165) is 6.04 Å². The van der Waals surface area contributed by atoms with Crippen LogP contribution in [-0.2, 0) is 6.42 Å². The van der Waals surface area contributed by atoms with Crippen molar-refractivity contribution in [3.8, 4) is 0 Å². The molecule has 0 aromatic heterocycles. The largest absolute Gasteiger partial charge is 1.00 e. The van der Waals surface area contributed by atoms with E-state index in [-0.39, 0.29) is 12.4 Å². The molecule has 2 heteroatoms. The maximum Gasteiger partial charge on any atom is 0.0911 e. The fourth-order valence-electron chi connectivity index (χ4n) is 4.39. The Morgan fingerprint density at radius 2 is 1.24 bits per heavy atom. The molecule has 164 valence electrons. The lowest BCUT2D eigenvalue weighted by atomic mass is 9.95. The summed E-state index contributed by atoms with van der Waals surface area (Å²) < 4.78 is 0. The minimum absolute atomic E-state index is 0. The highest BCUT2D eigenvalue weighted by molar-refractivity contribution is 5.85. The molecule has 0 fully saturated rings. The lowest BCUT2D eigenvalue weighted by molar-refractivity contribution is -0.886. The Hall–Kier alpha value is -1.05. The van der Waals surface area contributed by atoms with E-state index in [4.69, 9.17) is 0 Å². The van der Waals surface area contributed by atoms with Crippen LogP contribution >= 0.6 is 0 Å². The van der Waals surface area contributed by atoms with Crippen LogP contribution in [0.3, 0.4) is 0 Å². The Balaban J connectivity index is 0.00000420. The second-order valence-electron chi connectivity index (χ2n) is 8.94. The molecule has 0 saturated carbocycles. The van der Waals surface area contributed by atoms with E-state index in [2.05, 4.69) is 63.5 Å². The Morgan fingerprint density at radius 3 is 1.86 bits per heavy atom. The van der Waals surface area contributed by atoms with Crippen molar-refractivity contribution in [1.82, 2.24) is 0 Å². The van der Waals surface area contributed by atoms with Gasteiger partial charge in [-0.05, 0) is 29.2 Å². The zero-order chi connectivity index (χ0) is 20.0. The first-order valence-corrected chi connectivity index (χ1v) is 12.0. The summed E-state index contributed by atoms with van der Waals surface area (Å²) in [6, 6.07) is 16.4. The van der Waals surface area contributed by atoms with E-state index in [0.29, 0.717) is 0 Å². The molecule has 1 N–H and O–H groups in total. The average molecular weight is 418 g/mol. The van der Waals surface area contributed by atoms with Crippen LogP contribution < -0.4 is 17.3 Å². The molecule has 0 heterocycles. The zero-order valence-electron chi connectivity index (χ0n) is 19.2. The second kappa shape index (κ2) is 15.7. The van der Waals surface area contributed by atoms with Gasteiger partial charge >= 0.3 is 0 Å². The van der Waals surface area contributed by atoms with Gasteiger partial charge in [0.1, 0.15) is 0 Å². The number of nitrogens with one attached hydrogen (secondary N) is 1. The highest BCUT2D eigenvalue weighted by Crippen LogP contribution is 2.20. The summed E-state index contributed by atoms with van der Waals surface area (Å²) in [5.41, 5.74) is 1.52. The lowest BCUT2D eigenvalue weighted by Gasteiger charge is -2.22. The number of quaternary nitrogens is 1. The summed E-state index contributed by atoms with van der Waals surface area (Å²) in [4.78, 5) is 1.60. The predicted molar refractivity (Wildman–Crippen MR) is 125 cm³/mol. The number of halogens is 1. The monoisotopic (exact) mass is 417 g/mol. The van der Waals surface area contributed by atoms with Crippen molar-refractivity contribution < 1.29 is 17.3 Å². The molecule has 0 bridgehead atoms. The molecule has 2 aromatic rings. The van der Waals surface area contributed by atoms with E-state index in [1.165, 1.54) is 99.8 Å². The third-order valence-electron chi connectivity index (χ3n) is 6.32. The SMILES string of the molecule is CCCCCCCCCCCCCC(Cc1cccc2ccccc12)[NH+](C)C.[Cl-]. The first kappa shape index (κ1) is 26.0. The third kappa shape index (κ3) is 10.0. The number of unbranched alkanes of at least 4 members (excludes halogenated alkanes) is 10. The van der Waals surface area contributed by atoms with Crippen LogP contribution in [0, 0.1) is 0 Å². The van der Waals surface area contributed by atoms with E-state index in [1.54, 1.807) is 4.90 Å². The maximum atomic E-state index is 2.33. The predicted octanol–water partition coefficient (Wildman–Crippen LogP) is 3.60. The van der Waals surface area contributed by atoms with Gasteiger partial charge in [0.05, 0.1) is 20.1 Å². The molecule has 0 aliphatic carbocycles. The highest BCUT2D eigenvalue weighted by Gasteiger charge is 2.16. The normalized spacial score (nSPS) is 12.3. The second-order valence-corrected chi connectivity index (χ2v) is 8.94. The van der Waals surface area contributed by atoms with Crippen molar-refractivity contribution >= 4 is 10.8 Å². The molecule has 1 unspecified atom stereocenters. The molecule has 2 rings (SSSR count). The topological polar surface area (TPSA) is 4.44 Å². The smallest absolute Gasteiger partial charge is 0.0911 e. The first-order valence-electron chi connectivity index (χ1n) is 12.0. The van der Waals surface area contributed by atoms with Crippen molar-refractivity contribution in [3.63, 3.8) is 0 Å². The van der Waals surface area contributed by atoms with E-state index in [9.17, 15) is 0 Å². The molecule has 0 aliphatic rings. The Bertz CT molecular complexity index is 647. The summed E-state index contributed by atoms with van der Waals surface area (Å²) in [6.45, 7) is 2.30. The van der Waals surface area contributed by atoms with Crippen molar-refractivity contribution in [3.05, 3.63) is 48.0 Å². The Kier molecular flexibility index (Phi) is 14.1. The number of hydrogen-bond donors (Lipinski definition) is 1. The zero-order valence-corrected chi connectivity index (χ0v) is 19.9. The summed E-state index contributed by atoms with van der Waals surface area (Å²) in [5.74, 6) is 0. The fraction of sp³-hybridized carbons (Fsp3) is 0.630. The van der Waals surface area contributed by atoms with Gasteiger partial charge in [-0.2, -0.15) is 0 Å². The molecule has 0 saturated heterocycles. The summed E-state index contributed by atoms with van der Waals surface area (Å²) >= 11 is 0. The molecule has 0 amide bonds. The number of likely N-dealkylation sites (N-methyl/N-ethyl adjacent to an activating group) is 1. The van der Waals surface area contributed by atoms with E-state index >= 15 is 0 Å². The maximum absolute atomic E-state index is 2.33. The molecule has 1 atom stereocenters. The highest BCUT2D eigenvalue weighted by atomic mass is 35.5. The molecule has 0 aliphatic heterocycles. The van der Waals surface area contributed by atoms with Crippen LogP contribution in [0.4, 0.5) is 0 Å². The number of fused-ring (bicyclic) bond motifs is 1. The molecule has 2 aromatic carbocycles. The quantitative estimate of drug-likeness (QED) is 0.422. The van der Waals surface area contributed by atoms with Gasteiger partial charge in [-0.25, -0.2) is 0 Å². The molecular weight excluding hydrogens is 374 g/mol. The van der Waals surface area contributed by atoms with Crippen LogP contribution in [0.5, 0.6) is 0 Å². The van der Waals surface area contributed by atoms with Gasteiger partial charge in [-0.1, -0.05) is 114 Å². The standard InChI is InChI=1S/C27H43N.ClH/c1-4-5-6-7-8-9-10-11-12-13-14-21-26(28(2)3)23-25-20-17-19-24-18-15-16-22-27(24)25;/h15-20,22,26H,4-14,21,23H2,1-3H3;1H. The van der Waals surface area contributed by atoms with Gasteiger partial charge in [-0.15, -0.1) is 0 Å². The average Bonchev–Trinajstić information content (AvgIpc) is 2.71. The van der Waals surface area contributed by atoms with Gasteiger partial charge in [0.15, 0.2) is 0 Å². The summed E-state index contributed by atoms with van der Waals surface area (Å²) in [7, 11) is 4.66. The fourth-order valence-corrected chi connectivity index (χ4v) is 4.39. The summed E-state index contributed by atoms with van der Waals surface area (Å²) in [6.07, 6.45) is 18.3. The van der Waals surface area contributed by atoms with Crippen LogP contribution in [-0.4, -0.2) is 20.1 Å². The lowest BCUT2D eigenvalue weighted by Crippen LogP contribution is -3.10. The third-order valence-corrected chi connectivity index (χ3v) is 6.32. The van der Waals surface area contributed by atoms with Crippen LogP contribution in [0.15, 0.2) is 42.5 Å². The van der Waals surface area contributed by atoms with Crippen LogP contribution in [0.1, 0.15) is 89.5 Å². The van der Waals surface area contributed by atoms with Crippen molar-refractivity contribution in [2.45, 2.75) is 96.4 Å². The molecule has 29 heavy (non-hydrogen) atoms. The van der Waals surface area contributed by atoms with Gasteiger partial charge < -0.3 is 17.3 Å². The Morgan fingerprint density at radius 1 is 0.690 bits per heavy atom. The van der Waals surface area contributed by atoms with E-state index < -0.39 is 0 Å². The van der Waals surface area contributed by atoms with Crippen molar-refractivity contribution in [2.75, 3.05) is 14.1 Å². The minimum atomic E-state index is 0. The molecule has 1 nitrogen and oxygen atoms in total.